The van der Waals surface area contributed by atoms with E-state index in [1.807, 2.05) is 41.8 Å². The van der Waals surface area contributed by atoms with Gasteiger partial charge in [0.05, 0.1) is 71.4 Å². The predicted molar refractivity (Wildman–Crippen MR) is 424 cm³/mol. The molecule has 0 bridgehead atoms. The van der Waals surface area contributed by atoms with E-state index < -0.39 is 0 Å². The van der Waals surface area contributed by atoms with Crippen molar-refractivity contribution in [1.29, 1.82) is 0 Å². The van der Waals surface area contributed by atoms with Crippen LogP contribution in [0.5, 0.6) is 0 Å². The van der Waals surface area contributed by atoms with E-state index in [2.05, 4.69) is 228 Å². The number of anilines is 5. The first-order chi connectivity index (χ1) is 51.6. The smallest absolute Gasteiger partial charge is 0.219 e. The van der Waals surface area contributed by atoms with Crippen molar-refractivity contribution in [1.82, 2.24) is 114 Å². The Balaban J connectivity index is 0.000000113. The first kappa shape index (κ1) is 71.5. The quantitative estimate of drug-likeness (QED) is 0.0405. The summed E-state index contributed by atoms with van der Waals surface area (Å²) in [4.78, 5) is 39.1. The number of benzene rings is 2. The normalized spacial score (nSPS) is 16.5. The van der Waals surface area contributed by atoms with E-state index in [1.54, 1.807) is 49.7 Å². The van der Waals surface area contributed by atoms with Crippen molar-refractivity contribution < 1.29 is 0 Å². The molecule has 0 amide bonds. The third kappa shape index (κ3) is 17.4. The highest BCUT2D eigenvalue weighted by Gasteiger charge is 2.25. The Hall–Kier alpha value is -9.06. The molecule has 0 saturated carbocycles. The maximum atomic E-state index is 5.54. The SMILES string of the molecule is Brc1cnn2c(NCc3ccc(-c4csnn4)cc3)cc(C3CCNCC3)nc12.Brc1cnn2c(NCc3ccc4nc[nH]c4c3)cc(C3CCNCC3)nc12.Brc1cnn2c(NCc3cccnc3)cc(C3CCCNC3)nc12.Nc1ncc(CNc2cc(C3CCCNC3)nc3c(Br)cnn23)cn1. The van der Waals surface area contributed by atoms with Crippen molar-refractivity contribution in [3.05, 3.63) is 203 Å². The molecule has 0 radical (unpaired) electrons. The number of aromatic amines is 1. The van der Waals surface area contributed by atoms with Gasteiger partial charge in [0, 0.05) is 140 Å². The van der Waals surface area contributed by atoms with Gasteiger partial charge in [0.25, 0.3) is 0 Å². The van der Waals surface area contributed by atoms with Gasteiger partial charge in [0.1, 0.15) is 29.0 Å². The molecule has 2 aromatic carbocycles. The Morgan fingerprint density at radius 3 is 1.36 bits per heavy atom. The van der Waals surface area contributed by atoms with Gasteiger partial charge in [-0.15, -0.1) is 5.10 Å². The zero-order valence-electron chi connectivity index (χ0n) is 57.3. The van der Waals surface area contributed by atoms with Crippen molar-refractivity contribution in [2.75, 3.05) is 79.4 Å². The number of H-pyrrole nitrogens is 1. The van der Waals surface area contributed by atoms with Gasteiger partial charge >= 0.3 is 0 Å². The fourth-order valence-corrected chi connectivity index (χ4v) is 15.4. The highest BCUT2D eigenvalue weighted by Crippen LogP contribution is 2.34. The summed E-state index contributed by atoms with van der Waals surface area (Å²) in [5.74, 6) is 5.88. The Bertz CT molecular complexity index is 5180. The molecule has 28 nitrogen and oxygen atoms in total. The predicted octanol–water partition coefficient (Wildman–Crippen LogP) is 12.4. The molecule has 4 aliphatic rings. The van der Waals surface area contributed by atoms with Gasteiger partial charge in [-0.1, -0.05) is 40.9 Å². The summed E-state index contributed by atoms with van der Waals surface area (Å²) in [7, 11) is 0. The summed E-state index contributed by atoms with van der Waals surface area (Å²) in [6, 6.07) is 27.2. The van der Waals surface area contributed by atoms with Crippen LogP contribution in [-0.2, 0) is 26.2 Å². The second-order valence-corrected chi connectivity index (χ2v) is 30.3. The van der Waals surface area contributed by atoms with E-state index in [9.17, 15) is 0 Å². The largest absolute Gasteiger partial charge is 0.368 e. The van der Waals surface area contributed by atoms with E-state index in [4.69, 9.17) is 25.7 Å². The van der Waals surface area contributed by atoms with Crippen molar-refractivity contribution in [2.45, 2.75) is 101 Å². The average molecular weight is 1690 g/mol. The first-order valence-corrected chi connectivity index (χ1v) is 39.3. The van der Waals surface area contributed by atoms with E-state index in [0.29, 0.717) is 49.9 Å². The highest BCUT2D eigenvalue weighted by molar-refractivity contribution is 9.11. The van der Waals surface area contributed by atoms with Gasteiger partial charge in [-0.3, -0.25) is 4.98 Å². The number of fused-ring (bicyclic) bond motifs is 5. The number of halogens is 4. The lowest BCUT2D eigenvalue weighted by molar-refractivity contribution is 0.453. The number of nitrogens with two attached hydrogens (primary N) is 1. The van der Waals surface area contributed by atoms with Gasteiger partial charge < -0.3 is 53.3 Å². The molecule has 33 heteroatoms. The number of hydrogen-bond acceptors (Lipinski definition) is 24. The molecular weight excluding hydrogens is 1610 g/mol. The van der Waals surface area contributed by atoms with Crippen LogP contribution < -0.4 is 48.3 Å². The minimum absolute atomic E-state index is 0.276. The highest BCUT2D eigenvalue weighted by atomic mass is 79.9. The molecule has 2 atom stereocenters. The lowest BCUT2D eigenvalue weighted by Gasteiger charge is -2.23. The van der Waals surface area contributed by atoms with Crippen molar-refractivity contribution >= 4 is 138 Å². The van der Waals surface area contributed by atoms with E-state index in [-0.39, 0.29) is 5.95 Å². The number of nitrogen functional groups attached to an aromatic ring is 1. The number of imidazole rings is 1. The van der Waals surface area contributed by atoms with Crippen LogP contribution >= 0.6 is 75.3 Å². The zero-order chi connectivity index (χ0) is 71.4. The summed E-state index contributed by atoms with van der Waals surface area (Å²) in [5, 5.41) is 51.6. The minimum Gasteiger partial charge on any atom is -0.368 e. The monoisotopic (exact) mass is 1680 g/mol. The van der Waals surface area contributed by atoms with Crippen molar-refractivity contribution in [3.8, 4) is 11.3 Å². The molecule has 105 heavy (non-hydrogen) atoms. The van der Waals surface area contributed by atoms with E-state index in [1.165, 1.54) is 41.9 Å². The number of nitrogens with zero attached hydrogens (tertiary/aromatic N) is 18. The van der Waals surface area contributed by atoms with Crippen LogP contribution in [0.25, 0.3) is 44.9 Å². The molecule has 0 aliphatic carbocycles. The number of hydrogen-bond donors (Lipinski definition) is 10. The first-order valence-electron chi connectivity index (χ1n) is 35.3. The van der Waals surface area contributed by atoms with E-state index in [0.717, 1.165) is 204 Å². The molecule has 14 aromatic rings. The fourth-order valence-electron chi connectivity index (χ4n) is 13.5. The molecule has 4 saturated heterocycles. The molecule has 18 rings (SSSR count). The maximum Gasteiger partial charge on any atom is 0.219 e. The molecule has 16 heterocycles. The summed E-state index contributed by atoms with van der Waals surface area (Å²) in [5.41, 5.74) is 21.9. The third-order valence-electron chi connectivity index (χ3n) is 19.2. The number of rotatable bonds is 17. The van der Waals surface area contributed by atoms with Crippen LogP contribution in [0.4, 0.5) is 29.2 Å². The fraction of sp³-hybridized carbons (Fsp3) is 0.333. The summed E-state index contributed by atoms with van der Waals surface area (Å²) < 4.78 is 14.9. The standard InChI is InChI=1S/C20H20BrN7S.C19H20BrN7.C17H19BrN6.C16H19BrN8/c21-16-11-24-28-19(9-17(25-20(16)28)15-5-7-22-8-6-15)23-10-13-1-3-14(4-2-13)18-12-29-27-26-18;20-14-10-25-27-18(8-16(26-19(14)27)13-3-5-21-6-4-13)22-9-12-1-2-15-17(7-12)24-11-23-15;18-14-11-22-24-16(21-9-12-3-1-5-19-8-12)7-15(23-17(14)24)13-4-2-6-20-10-13;17-12-9-23-25-14(20-5-10-6-21-16(18)22-7-10)4-13(24-15(12)25)11-2-1-3-19-8-11/h1-4,9,11-12,15,22-23H,5-8,10H2;1-2,7-8,10-11,13,21-22H,3-6,9H2,(H,23,24);1,3,5,7-8,11,13,20-21H,2,4,6,9-10H2;4,6-7,9,11,19-20H,1-3,5,8H2,(H2,18,21,22). The number of nitrogens with one attached hydrogen (secondary N) is 9. The van der Waals surface area contributed by atoms with Gasteiger partial charge in [-0.05, 0) is 201 Å². The van der Waals surface area contributed by atoms with Gasteiger partial charge in [0.2, 0.25) is 5.95 Å². The molecule has 12 aromatic heterocycles. The second-order valence-electron chi connectivity index (χ2n) is 26.3. The molecule has 540 valence electrons. The zero-order valence-corrected chi connectivity index (χ0v) is 64.4. The number of piperidine rings is 4. The topological polar surface area (TPSA) is 336 Å². The number of pyridine rings is 1. The lowest BCUT2D eigenvalue weighted by Crippen LogP contribution is -2.29. The maximum absolute atomic E-state index is 5.54. The Kier molecular flexibility index (Phi) is 23.2. The molecule has 0 spiro atoms. The minimum atomic E-state index is 0.276. The van der Waals surface area contributed by atoms with Gasteiger partial charge in [-0.25, -0.2) is 34.9 Å². The summed E-state index contributed by atoms with van der Waals surface area (Å²) >= 11 is 15.6. The van der Waals surface area contributed by atoms with E-state index >= 15 is 0 Å². The number of aromatic nitrogens is 19. The Morgan fingerprint density at radius 2 is 0.914 bits per heavy atom. The summed E-state index contributed by atoms with van der Waals surface area (Å²) in [6.45, 7) is 11.0. The molecular formula is C72H78Br4N28S. The second kappa shape index (κ2) is 34.0. The molecule has 11 N–H and O–H groups in total. The van der Waals surface area contributed by atoms with Crippen molar-refractivity contribution in [3.63, 3.8) is 0 Å². The Morgan fingerprint density at radius 1 is 0.457 bits per heavy atom. The van der Waals surface area contributed by atoms with Crippen LogP contribution in [0, 0.1) is 0 Å². The summed E-state index contributed by atoms with van der Waals surface area (Å²) in [6.07, 6.45) is 25.1. The van der Waals surface area contributed by atoms with Crippen LogP contribution in [0.3, 0.4) is 0 Å². The third-order valence-corrected chi connectivity index (χ3v) is 21.9. The molecule has 2 unspecified atom stereocenters. The Labute approximate surface area is 642 Å². The van der Waals surface area contributed by atoms with Crippen molar-refractivity contribution in [2.24, 2.45) is 0 Å². The van der Waals surface area contributed by atoms with Gasteiger partial charge in [-0.2, -0.15) is 38.5 Å². The molecule has 4 aliphatic heterocycles. The van der Waals surface area contributed by atoms with Crippen LogP contribution in [0.2, 0.25) is 0 Å². The van der Waals surface area contributed by atoms with Gasteiger partial charge in [0.15, 0.2) is 22.6 Å². The van der Waals surface area contributed by atoms with Crippen LogP contribution in [-0.4, -0.2) is 145 Å². The molecule has 4 fully saturated rings. The van der Waals surface area contributed by atoms with Crippen LogP contribution in [0.1, 0.15) is 120 Å². The van der Waals surface area contributed by atoms with Crippen LogP contribution in [0.15, 0.2) is 158 Å². The average Bonchev–Trinajstić information content (AvgIpc) is 1.71. The lowest BCUT2D eigenvalue weighted by atomic mass is 9.94.